The Labute approximate surface area is 102 Å². The number of rotatable bonds is 0. The molecular weight excluding hydrogens is 293 g/mol. The summed E-state index contributed by atoms with van der Waals surface area (Å²) >= 11 is 1.06. The second-order valence-electron chi connectivity index (χ2n) is 0. The molecule has 1 nitrogen and oxygen atoms in total. The molecule has 0 fully saturated rings. The minimum atomic E-state index is 0. The third-order valence-corrected chi connectivity index (χ3v) is 0. The van der Waals surface area contributed by atoms with Crippen LogP contribution in [0.1, 0.15) is 2.85 Å². The minimum absolute atomic E-state index is 0. The summed E-state index contributed by atoms with van der Waals surface area (Å²) in [6, 6.07) is 0. The van der Waals surface area contributed by atoms with E-state index in [0.717, 1.165) is 17.4 Å². The first-order chi connectivity index (χ1) is 1.00. The van der Waals surface area contributed by atoms with E-state index in [0.29, 0.717) is 0 Å². The number of hydrogen-bond acceptors (Lipinski definition) is 1. The molecule has 0 rings (SSSR count). The topological polar surface area (TPSA) is 17.1 Å². The van der Waals surface area contributed by atoms with E-state index in [-0.39, 0.29) is 83.9 Å². The molecule has 0 aliphatic rings. The fourth-order valence-corrected chi connectivity index (χ4v) is 0. The van der Waals surface area contributed by atoms with Crippen molar-refractivity contribution in [2.75, 3.05) is 0 Å². The van der Waals surface area contributed by atoms with Crippen LogP contribution in [0.2, 0.25) is 0 Å². The summed E-state index contributed by atoms with van der Waals surface area (Å²) in [6.07, 6.45) is 0. The second-order valence-corrected chi connectivity index (χ2v) is 0. The summed E-state index contributed by atoms with van der Waals surface area (Å²) in [5.41, 5.74) is 0. The predicted octanol–water partition coefficient (Wildman–Crippen LogP) is -0.277. The third kappa shape index (κ3) is 8.91. The van der Waals surface area contributed by atoms with Gasteiger partial charge in [-0.15, -0.1) is 0 Å². The first kappa shape index (κ1) is 15.7. The van der Waals surface area contributed by atoms with Crippen LogP contribution in [0.5, 0.6) is 0 Å². The van der Waals surface area contributed by atoms with Crippen LogP contribution in [0.4, 0.5) is 0 Å². The molecule has 0 spiro atoms. The fraction of sp³-hybridized carbons (Fsp3) is 0. The van der Waals surface area contributed by atoms with E-state index in [4.69, 9.17) is 3.67 Å². The van der Waals surface area contributed by atoms with Crippen molar-refractivity contribution in [1.82, 2.24) is 0 Å². The molecule has 0 heterocycles. The van der Waals surface area contributed by atoms with Gasteiger partial charge in [-0.2, -0.15) is 0 Å². The molecule has 0 aromatic rings. The standard InChI is InChI=1S/La.O.Sr.V.2H/q;;+2;;2*-1. The van der Waals surface area contributed by atoms with Crippen LogP contribution < -0.4 is 0 Å². The summed E-state index contributed by atoms with van der Waals surface area (Å²) in [4.78, 5) is 0. The van der Waals surface area contributed by atoms with Crippen molar-refractivity contribution < 1.29 is 59.5 Å². The Morgan fingerprint density at radius 2 is 1.50 bits per heavy atom. The van der Waals surface area contributed by atoms with Crippen molar-refractivity contribution in [3.05, 3.63) is 0 Å². The van der Waals surface area contributed by atoms with Gasteiger partial charge in [-0.3, -0.25) is 0 Å². The largest absolute Gasteiger partial charge is 2.00 e. The summed E-state index contributed by atoms with van der Waals surface area (Å²) in [6.45, 7) is 0. The Balaban J connectivity index is -0.000000000833. The molecule has 4 heavy (non-hydrogen) atoms. The van der Waals surface area contributed by atoms with E-state index in [1.807, 2.05) is 0 Å². The zero-order valence-electron chi connectivity index (χ0n) is 4.14. The van der Waals surface area contributed by atoms with Crippen molar-refractivity contribution >= 4 is 45.5 Å². The van der Waals surface area contributed by atoms with Crippen molar-refractivity contribution in [2.24, 2.45) is 0 Å². The van der Waals surface area contributed by atoms with Crippen LogP contribution in [-0.4, -0.2) is 45.5 Å². The Bertz CT molecular complexity index is 13.5. The van der Waals surface area contributed by atoms with Crippen LogP contribution in [0.3, 0.4) is 0 Å². The van der Waals surface area contributed by atoms with E-state index in [1.54, 1.807) is 0 Å². The van der Waals surface area contributed by atoms with Crippen LogP contribution in [0.15, 0.2) is 0 Å². The molecule has 0 bridgehead atoms. The van der Waals surface area contributed by atoms with Crippen molar-refractivity contribution in [3.8, 4) is 0 Å². The molecule has 18 valence electrons. The smallest absolute Gasteiger partial charge is 2.00 e. The van der Waals surface area contributed by atoms with Crippen LogP contribution in [0, 0.1) is 35.6 Å². The van der Waals surface area contributed by atoms with Crippen LogP contribution >= 0.6 is 0 Å². The van der Waals surface area contributed by atoms with Gasteiger partial charge in [-0.1, -0.05) is 0 Å². The van der Waals surface area contributed by atoms with Gasteiger partial charge in [0.25, 0.3) is 0 Å². The summed E-state index contributed by atoms with van der Waals surface area (Å²) < 4.78 is 8.19. The van der Waals surface area contributed by atoms with Gasteiger partial charge in [-0.05, 0) is 0 Å². The van der Waals surface area contributed by atoms with Gasteiger partial charge < -0.3 is 2.85 Å². The van der Waals surface area contributed by atoms with E-state index in [1.165, 1.54) is 0 Å². The molecule has 0 aromatic carbocycles. The van der Waals surface area contributed by atoms with Crippen LogP contribution in [-0.2, 0) is 21.0 Å². The van der Waals surface area contributed by atoms with Gasteiger partial charge in [0.05, 0.1) is 0 Å². The Morgan fingerprint density at radius 1 is 1.50 bits per heavy atom. The molecular formula is H2LaOSrV. The molecule has 0 unspecified atom stereocenters. The molecule has 0 saturated heterocycles. The maximum absolute atomic E-state index is 8.19. The van der Waals surface area contributed by atoms with E-state index in [2.05, 4.69) is 0 Å². The maximum Gasteiger partial charge on any atom is 2.00 e. The normalized spacial score (nSPS) is 0.750. The van der Waals surface area contributed by atoms with Gasteiger partial charge in [0.15, 0.2) is 0 Å². The van der Waals surface area contributed by atoms with Gasteiger partial charge in [0.1, 0.15) is 0 Å². The maximum atomic E-state index is 8.19. The molecule has 1 radical (unpaired) electrons. The third-order valence-electron chi connectivity index (χ3n) is 0. The second kappa shape index (κ2) is 16.6. The van der Waals surface area contributed by atoms with E-state index >= 15 is 0 Å². The van der Waals surface area contributed by atoms with Gasteiger partial charge in [0, 0.05) is 35.6 Å². The Kier molecular flexibility index (Phi) is 65.2. The minimum Gasteiger partial charge on any atom is 2.00 e. The molecule has 0 saturated carbocycles. The van der Waals surface area contributed by atoms with Crippen molar-refractivity contribution in [3.63, 3.8) is 0 Å². The average molecular weight is 295 g/mol. The van der Waals surface area contributed by atoms with E-state index < -0.39 is 0 Å². The Hall–Kier alpha value is 3.06. The van der Waals surface area contributed by atoms with Gasteiger partial charge in [-0.25, -0.2) is 0 Å². The van der Waals surface area contributed by atoms with Crippen molar-refractivity contribution in [1.29, 1.82) is 0 Å². The fourth-order valence-electron chi connectivity index (χ4n) is 0. The van der Waals surface area contributed by atoms with Crippen molar-refractivity contribution in [2.45, 2.75) is 0 Å². The average Bonchev–Trinajstić information content (AvgIpc) is 1.00. The van der Waals surface area contributed by atoms with E-state index in [9.17, 15) is 0 Å². The first-order valence-corrected chi connectivity index (χ1v) is 0.753. The quantitative estimate of drug-likeness (QED) is 0.562. The molecule has 0 aliphatic heterocycles. The monoisotopic (exact) mass is 296 g/mol. The molecule has 4 heteroatoms. The summed E-state index contributed by atoms with van der Waals surface area (Å²) in [5, 5.41) is 0. The zero-order valence-corrected chi connectivity index (χ0v) is 10.6. The summed E-state index contributed by atoms with van der Waals surface area (Å²) in [5.74, 6) is 0. The van der Waals surface area contributed by atoms with Gasteiger partial charge >= 0.3 is 66.5 Å². The zero-order chi connectivity index (χ0) is 2.00. The molecule has 0 aromatic heterocycles. The summed E-state index contributed by atoms with van der Waals surface area (Å²) in [7, 11) is 0. The molecule has 0 amide bonds. The molecule has 0 atom stereocenters. The number of hydrogen-bond donors (Lipinski definition) is 0. The Morgan fingerprint density at radius 3 is 1.50 bits per heavy atom. The SMILES string of the molecule is [H-].[H-].[La].[O]=[V].[Sr+2]. The van der Waals surface area contributed by atoms with Crippen LogP contribution in [0.25, 0.3) is 0 Å². The van der Waals surface area contributed by atoms with Gasteiger partial charge in [0.2, 0.25) is 0 Å². The first-order valence-electron chi connectivity index (χ1n) is 0.183. The predicted molar refractivity (Wildman–Crippen MR) is 8.66 cm³/mol. The molecule has 0 aliphatic carbocycles. The molecule has 0 N–H and O–H groups in total.